The third kappa shape index (κ3) is 3.10. The predicted molar refractivity (Wildman–Crippen MR) is 79.7 cm³/mol. The fraction of sp³-hybridized carbons (Fsp3) is 0.222. The molecule has 0 heterocycles. The van der Waals surface area contributed by atoms with Crippen LogP contribution in [0.15, 0.2) is 60.7 Å². The maximum atomic E-state index is 2.28. The van der Waals surface area contributed by atoms with Crippen LogP contribution in [0.5, 0.6) is 0 Å². The molecule has 2 rings (SSSR count). The molecular formula is C18H20. The van der Waals surface area contributed by atoms with E-state index in [0.29, 0.717) is 5.92 Å². The van der Waals surface area contributed by atoms with Crippen molar-refractivity contribution in [1.82, 2.24) is 0 Å². The normalized spacial score (nSPS) is 12.8. The van der Waals surface area contributed by atoms with E-state index in [1.165, 1.54) is 16.7 Å². The van der Waals surface area contributed by atoms with Crippen LogP contribution < -0.4 is 0 Å². The van der Waals surface area contributed by atoms with E-state index in [4.69, 9.17) is 0 Å². The van der Waals surface area contributed by atoms with Crippen LogP contribution in [-0.4, -0.2) is 0 Å². The van der Waals surface area contributed by atoms with Crippen LogP contribution in [0.4, 0.5) is 0 Å². The van der Waals surface area contributed by atoms with E-state index in [0.717, 1.165) is 6.42 Å². The molecule has 0 aliphatic rings. The molecule has 0 aliphatic carbocycles. The summed E-state index contributed by atoms with van der Waals surface area (Å²) in [6.07, 6.45) is 5.61. The molecule has 2 aromatic rings. The van der Waals surface area contributed by atoms with Gasteiger partial charge < -0.3 is 0 Å². The second-order valence-electron chi connectivity index (χ2n) is 4.61. The zero-order valence-electron chi connectivity index (χ0n) is 11.1. The van der Waals surface area contributed by atoms with Gasteiger partial charge in [0.05, 0.1) is 0 Å². The van der Waals surface area contributed by atoms with Crippen molar-refractivity contribution in [3.63, 3.8) is 0 Å². The van der Waals surface area contributed by atoms with Gasteiger partial charge in [0.2, 0.25) is 0 Å². The Labute approximate surface area is 110 Å². The van der Waals surface area contributed by atoms with Crippen LogP contribution >= 0.6 is 0 Å². The highest BCUT2D eigenvalue weighted by atomic mass is 14.1. The molecule has 2 aromatic carbocycles. The van der Waals surface area contributed by atoms with E-state index in [1.54, 1.807) is 0 Å². The highest BCUT2D eigenvalue weighted by Crippen LogP contribution is 2.19. The van der Waals surface area contributed by atoms with Crippen LogP contribution in [0.1, 0.15) is 36.5 Å². The smallest absolute Gasteiger partial charge is 0.000711 e. The first-order chi connectivity index (χ1) is 8.81. The van der Waals surface area contributed by atoms with E-state index in [2.05, 4.69) is 80.6 Å². The zero-order valence-corrected chi connectivity index (χ0v) is 11.1. The summed E-state index contributed by atoms with van der Waals surface area (Å²) in [5, 5.41) is 0. The number of allylic oxidation sites excluding steroid dienone is 1. The molecule has 0 spiro atoms. The number of hydrogen-bond donors (Lipinski definition) is 0. The van der Waals surface area contributed by atoms with Gasteiger partial charge in [-0.05, 0) is 29.0 Å². The van der Waals surface area contributed by atoms with Crippen LogP contribution in [0.2, 0.25) is 0 Å². The molecule has 1 unspecified atom stereocenters. The van der Waals surface area contributed by atoms with Gasteiger partial charge in [0.15, 0.2) is 0 Å². The van der Waals surface area contributed by atoms with Crippen LogP contribution in [0, 0.1) is 0 Å². The summed E-state index contributed by atoms with van der Waals surface area (Å²) in [7, 11) is 0. The lowest BCUT2D eigenvalue weighted by molar-refractivity contribution is 0.972. The van der Waals surface area contributed by atoms with Gasteiger partial charge in [0, 0.05) is 0 Å². The Bertz CT molecular complexity index is 509. The van der Waals surface area contributed by atoms with E-state index in [1.807, 2.05) is 0 Å². The van der Waals surface area contributed by atoms with Gasteiger partial charge in [-0.25, -0.2) is 0 Å². The molecule has 0 N–H and O–H groups in total. The SMILES string of the molecule is CCc1ccccc1/C=C/C(C)c1ccccc1. The average Bonchev–Trinajstić information content (AvgIpc) is 2.46. The largest absolute Gasteiger partial charge is 0.0767 e. The Morgan fingerprint density at radius 2 is 1.61 bits per heavy atom. The molecule has 18 heavy (non-hydrogen) atoms. The lowest BCUT2D eigenvalue weighted by Gasteiger charge is -2.07. The molecule has 0 nitrogen and oxygen atoms in total. The highest BCUT2D eigenvalue weighted by molar-refractivity contribution is 5.54. The topological polar surface area (TPSA) is 0 Å². The lowest BCUT2D eigenvalue weighted by atomic mass is 9.98. The minimum Gasteiger partial charge on any atom is -0.0767 e. The van der Waals surface area contributed by atoms with Crippen molar-refractivity contribution in [2.24, 2.45) is 0 Å². The number of rotatable bonds is 4. The van der Waals surface area contributed by atoms with Gasteiger partial charge in [0.25, 0.3) is 0 Å². The second-order valence-corrected chi connectivity index (χ2v) is 4.61. The molecule has 0 bridgehead atoms. The molecule has 0 aliphatic heterocycles. The minimum absolute atomic E-state index is 0.455. The zero-order chi connectivity index (χ0) is 12.8. The van der Waals surface area contributed by atoms with E-state index < -0.39 is 0 Å². The summed E-state index contributed by atoms with van der Waals surface area (Å²) in [6.45, 7) is 4.44. The third-order valence-electron chi connectivity index (χ3n) is 3.33. The molecule has 0 amide bonds. The van der Waals surface area contributed by atoms with Crippen LogP contribution in [0.3, 0.4) is 0 Å². The molecule has 0 aromatic heterocycles. The molecule has 0 fully saturated rings. The van der Waals surface area contributed by atoms with Crippen molar-refractivity contribution in [3.8, 4) is 0 Å². The minimum atomic E-state index is 0.455. The molecule has 1 atom stereocenters. The lowest BCUT2D eigenvalue weighted by Crippen LogP contribution is -1.89. The first-order valence-electron chi connectivity index (χ1n) is 6.62. The van der Waals surface area contributed by atoms with Gasteiger partial charge in [-0.2, -0.15) is 0 Å². The van der Waals surface area contributed by atoms with Crippen molar-refractivity contribution >= 4 is 6.08 Å². The highest BCUT2D eigenvalue weighted by Gasteiger charge is 2.00. The van der Waals surface area contributed by atoms with Gasteiger partial charge in [-0.1, -0.05) is 80.6 Å². The van der Waals surface area contributed by atoms with Crippen molar-refractivity contribution in [1.29, 1.82) is 0 Å². The Morgan fingerprint density at radius 3 is 2.33 bits per heavy atom. The van der Waals surface area contributed by atoms with Gasteiger partial charge in [-0.15, -0.1) is 0 Å². The molecule has 0 heteroatoms. The van der Waals surface area contributed by atoms with E-state index in [-0.39, 0.29) is 0 Å². The number of hydrogen-bond acceptors (Lipinski definition) is 0. The molecule has 0 saturated carbocycles. The fourth-order valence-electron chi connectivity index (χ4n) is 2.13. The second kappa shape index (κ2) is 6.20. The van der Waals surface area contributed by atoms with Crippen LogP contribution in [0.25, 0.3) is 6.08 Å². The van der Waals surface area contributed by atoms with Crippen molar-refractivity contribution < 1.29 is 0 Å². The van der Waals surface area contributed by atoms with Gasteiger partial charge in [-0.3, -0.25) is 0 Å². The predicted octanol–water partition coefficient (Wildman–Crippen LogP) is 5.07. The maximum Gasteiger partial charge on any atom is -0.000711 e. The van der Waals surface area contributed by atoms with Crippen molar-refractivity contribution in [3.05, 3.63) is 77.4 Å². The standard InChI is InChI=1S/C18H20/c1-3-16-9-7-8-12-18(16)14-13-15(2)17-10-5-4-6-11-17/h4-15H,3H2,1-2H3/b14-13+. The average molecular weight is 236 g/mol. The van der Waals surface area contributed by atoms with Gasteiger partial charge in [0.1, 0.15) is 0 Å². The van der Waals surface area contributed by atoms with E-state index in [9.17, 15) is 0 Å². The van der Waals surface area contributed by atoms with Crippen molar-refractivity contribution in [2.45, 2.75) is 26.2 Å². The maximum absolute atomic E-state index is 2.28. The first-order valence-corrected chi connectivity index (χ1v) is 6.62. The molecule has 0 saturated heterocycles. The Balaban J connectivity index is 2.16. The summed E-state index contributed by atoms with van der Waals surface area (Å²) >= 11 is 0. The molecule has 92 valence electrons. The summed E-state index contributed by atoms with van der Waals surface area (Å²) < 4.78 is 0. The summed E-state index contributed by atoms with van der Waals surface area (Å²) in [6, 6.07) is 19.2. The quantitative estimate of drug-likeness (QED) is 0.695. The van der Waals surface area contributed by atoms with Crippen molar-refractivity contribution in [2.75, 3.05) is 0 Å². The Morgan fingerprint density at radius 1 is 0.944 bits per heavy atom. The monoisotopic (exact) mass is 236 g/mol. The number of benzene rings is 2. The summed E-state index contributed by atoms with van der Waals surface area (Å²) in [4.78, 5) is 0. The summed E-state index contributed by atoms with van der Waals surface area (Å²) in [5.41, 5.74) is 4.11. The Kier molecular flexibility index (Phi) is 4.35. The molecular weight excluding hydrogens is 216 g/mol. The first kappa shape index (κ1) is 12.6. The third-order valence-corrected chi connectivity index (χ3v) is 3.33. The Hall–Kier alpha value is -1.82. The van der Waals surface area contributed by atoms with Crippen LogP contribution in [-0.2, 0) is 6.42 Å². The summed E-state index contributed by atoms with van der Waals surface area (Å²) in [5.74, 6) is 0.455. The van der Waals surface area contributed by atoms with Gasteiger partial charge >= 0.3 is 0 Å². The fourth-order valence-corrected chi connectivity index (χ4v) is 2.13. The molecule has 0 radical (unpaired) electrons. The number of aryl methyl sites for hydroxylation is 1. The van der Waals surface area contributed by atoms with E-state index >= 15 is 0 Å².